The molecule has 2 N–H and O–H groups in total. The molecule has 0 radical (unpaired) electrons. The van der Waals surface area contributed by atoms with Gasteiger partial charge in [-0.3, -0.25) is 4.79 Å². The molecule has 0 fully saturated rings. The quantitative estimate of drug-likeness (QED) is 0.882. The van der Waals surface area contributed by atoms with Crippen LogP contribution in [0.15, 0.2) is 30.5 Å². The fourth-order valence-corrected chi connectivity index (χ4v) is 1.60. The second kappa shape index (κ2) is 4.89. The van der Waals surface area contributed by atoms with Gasteiger partial charge in [0.25, 0.3) is 0 Å². The maximum Gasteiger partial charge on any atom is 0.341 e. The molecule has 0 spiro atoms. The minimum Gasteiger partial charge on any atom is -0.477 e. The molecule has 2 aromatic rings. The van der Waals surface area contributed by atoms with Crippen LogP contribution in [0, 0.1) is 5.82 Å². The van der Waals surface area contributed by atoms with E-state index in [0.29, 0.717) is 0 Å². The van der Waals surface area contributed by atoms with E-state index in [-0.39, 0.29) is 17.1 Å². The number of hydrogen-bond donors (Lipinski definition) is 2. The molecule has 0 bridgehead atoms. The van der Waals surface area contributed by atoms with Gasteiger partial charge in [-0.1, -0.05) is 12.1 Å². The molecule has 98 valence electrons. The summed E-state index contributed by atoms with van der Waals surface area (Å²) < 4.78 is 14.7. The number of nitrogens with one attached hydrogen (secondary N) is 1. The normalized spacial score (nSPS) is 10.2. The van der Waals surface area contributed by atoms with Crippen LogP contribution in [-0.2, 0) is 4.79 Å². The van der Waals surface area contributed by atoms with Crippen LogP contribution < -0.4 is 5.32 Å². The number of halogens is 1. The summed E-state index contributed by atoms with van der Waals surface area (Å²) in [6, 6.07) is 5.73. The molecule has 7 heteroatoms. The molecule has 0 saturated heterocycles. The Morgan fingerprint density at radius 3 is 2.63 bits per heavy atom. The molecule has 0 atom stereocenters. The minimum atomic E-state index is -1.26. The van der Waals surface area contributed by atoms with Crippen molar-refractivity contribution in [2.45, 2.75) is 6.92 Å². The Hall–Kier alpha value is -2.70. The molecule has 0 aliphatic carbocycles. The van der Waals surface area contributed by atoms with Gasteiger partial charge in [0.15, 0.2) is 5.82 Å². The van der Waals surface area contributed by atoms with E-state index in [2.05, 4.69) is 10.4 Å². The number of anilines is 1. The summed E-state index contributed by atoms with van der Waals surface area (Å²) >= 11 is 0. The zero-order valence-electron chi connectivity index (χ0n) is 9.92. The lowest BCUT2D eigenvalue weighted by Crippen LogP contribution is -2.14. The van der Waals surface area contributed by atoms with Gasteiger partial charge in [0.1, 0.15) is 17.1 Å². The first kappa shape index (κ1) is 12.7. The summed E-state index contributed by atoms with van der Waals surface area (Å²) in [5.74, 6) is -2.38. The Labute approximate surface area is 107 Å². The van der Waals surface area contributed by atoms with Crippen molar-refractivity contribution in [1.82, 2.24) is 9.78 Å². The van der Waals surface area contributed by atoms with Crippen LogP contribution >= 0.6 is 0 Å². The molecular weight excluding hydrogens is 253 g/mol. The fourth-order valence-electron chi connectivity index (χ4n) is 1.60. The molecular formula is C12H10FN3O3. The van der Waals surface area contributed by atoms with E-state index in [1.54, 1.807) is 6.07 Å². The highest BCUT2D eigenvalue weighted by atomic mass is 19.1. The second-order valence-corrected chi connectivity index (χ2v) is 3.76. The summed E-state index contributed by atoms with van der Waals surface area (Å²) in [6.45, 7) is 1.23. The molecule has 1 aromatic carbocycles. The monoisotopic (exact) mass is 263 g/mol. The van der Waals surface area contributed by atoms with Crippen molar-refractivity contribution in [2.75, 3.05) is 5.32 Å². The van der Waals surface area contributed by atoms with Gasteiger partial charge in [0.2, 0.25) is 5.91 Å². The number of amides is 1. The van der Waals surface area contributed by atoms with Crippen molar-refractivity contribution in [3.05, 3.63) is 41.8 Å². The highest BCUT2D eigenvalue weighted by Crippen LogP contribution is 2.22. The van der Waals surface area contributed by atoms with E-state index in [0.717, 1.165) is 10.9 Å². The molecule has 0 aliphatic heterocycles. The van der Waals surface area contributed by atoms with Crippen molar-refractivity contribution >= 4 is 17.7 Å². The van der Waals surface area contributed by atoms with Gasteiger partial charge >= 0.3 is 5.97 Å². The first-order valence-corrected chi connectivity index (χ1v) is 5.34. The third kappa shape index (κ3) is 2.44. The molecule has 0 saturated carbocycles. The van der Waals surface area contributed by atoms with Gasteiger partial charge in [0, 0.05) is 6.92 Å². The van der Waals surface area contributed by atoms with Gasteiger partial charge in [-0.15, -0.1) is 0 Å². The lowest BCUT2D eigenvalue weighted by molar-refractivity contribution is -0.114. The minimum absolute atomic E-state index is 0.0544. The Bertz CT molecular complexity index is 651. The molecule has 6 nitrogen and oxygen atoms in total. The Morgan fingerprint density at radius 2 is 2.05 bits per heavy atom. The van der Waals surface area contributed by atoms with Gasteiger partial charge in [-0.05, 0) is 12.1 Å². The number of rotatable bonds is 3. The highest BCUT2D eigenvalue weighted by molar-refractivity contribution is 5.99. The predicted octanol–water partition coefficient (Wildman–Crippen LogP) is 1.67. The SMILES string of the molecule is CC(=O)Nc1c(C(=O)O)cnn1-c1ccccc1F. The van der Waals surface area contributed by atoms with Crippen molar-refractivity contribution in [2.24, 2.45) is 0 Å². The van der Waals surface area contributed by atoms with Gasteiger partial charge in [-0.25, -0.2) is 13.9 Å². The van der Waals surface area contributed by atoms with Crippen LogP contribution in [0.3, 0.4) is 0 Å². The van der Waals surface area contributed by atoms with Gasteiger partial charge < -0.3 is 10.4 Å². The first-order valence-electron chi connectivity index (χ1n) is 5.34. The van der Waals surface area contributed by atoms with Gasteiger partial charge in [-0.2, -0.15) is 5.10 Å². The Balaban J connectivity index is 2.61. The van der Waals surface area contributed by atoms with E-state index in [1.807, 2.05) is 0 Å². The van der Waals surface area contributed by atoms with Crippen molar-refractivity contribution < 1.29 is 19.1 Å². The highest BCUT2D eigenvalue weighted by Gasteiger charge is 2.20. The largest absolute Gasteiger partial charge is 0.477 e. The molecule has 0 unspecified atom stereocenters. The summed E-state index contributed by atoms with van der Waals surface area (Å²) in [6.07, 6.45) is 1.06. The van der Waals surface area contributed by atoms with Crippen molar-refractivity contribution in [1.29, 1.82) is 0 Å². The van der Waals surface area contributed by atoms with Crippen LogP contribution in [0.5, 0.6) is 0 Å². The van der Waals surface area contributed by atoms with Gasteiger partial charge in [0.05, 0.1) is 6.20 Å². The van der Waals surface area contributed by atoms with Crippen molar-refractivity contribution in [3.8, 4) is 5.69 Å². The molecule has 2 rings (SSSR count). The number of aromatic carboxylic acids is 1. The van der Waals surface area contributed by atoms with Crippen LogP contribution in [0.1, 0.15) is 17.3 Å². The van der Waals surface area contributed by atoms with Crippen LogP contribution in [0.2, 0.25) is 0 Å². The van der Waals surface area contributed by atoms with E-state index in [4.69, 9.17) is 5.11 Å². The van der Waals surface area contributed by atoms with E-state index in [1.165, 1.54) is 25.1 Å². The maximum absolute atomic E-state index is 13.7. The molecule has 19 heavy (non-hydrogen) atoms. The van der Waals surface area contributed by atoms with E-state index in [9.17, 15) is 14.0 Å². The van der Waals surface area contributed by atoms with E-state index >= 15 is 0 Å². The number of hydrogen-bond acceptors (Lipinski definition) is 3. The topological polar surface area (TPSA) is 84.2 Å². The zero-order valence-corrected chi connectivity index (χ0v) is 9.92. The average Bonchev–Trinajstić information content (AvgIpc) is 2.72. The number of benzene rings is 1. The molecule has 0 aliphatic rings. The molecule has 1 heterocycles. The third-order valence-corrected chi connectivity index (χ3v) is 2.37. The summed E-state index contributed by atoms with van der Waals surface area (Å²) in [4.78, 5) is 22.1. The smallest absolute Gasteiger partial charge is 0.341 e. The fraction of sp³-hybridized carbons (Fsp3) is 0.0833. The number of carbonyl (C=O) groups is 2. The van der Waals surface area contributed by atoms with Crippen LogP contribution in [0.4, 0.5) is 10.2 Å². The number of carboxylic acids is 1. The third-order valence-electron chi connectivity index (χ3n) is 2.37. The number of aromatic nitrogens is 2. The molecule has 1 amide bonds. The number of nitrogens with zero attached hydrogens (tertiary/aromatic N) is 2. The van der Waals surface area contributed by atoms with Crippen molar-refractivity contribution in [3.63, 3.8) is 0 Å². The number of carboxylic acid groups (broad SMARTS) is 1. The van der Waals surface area contributed by atoms with Crippen LogP contribution in [0.25, 0.3) is 5.69 Å². The van der Waals surface area contributed by atoms with E-state index < -0.39 is 17.7 Å². The Kier molecular flexibility index (Phi) is 3.28. The second-order valence-electron chi connectivity index (χ2n) is 3.76. The lowest BCUT2D eigenvalue weighted by Gasteiger charge is -2.09. The standard InChI is InChI=1S/C12H10FN3O3/c1-7(17)15-11-8(12(18)19)6-14-16(11)10-5-3-2-4-9(10)13/h2-6H,1H3,(H,15,17)(H,18,19). The summed E-state index contributed by atoms with van der Waals surface area (Å²) in [7, 11) is 0. The predicted molar refractivity (Wildman–Crippen MR) is 64.8 cm³/mol. The average molecular weight is 263 g/mol. The summed E-state index contributed by atoms with van der Waals surface area (Å²) in [5, 5.41) is 15.2. The maximum atomic E-state index is 13.7. The first-order chi connectivity index (χ1) is 9.00. The Morgan fingerprint density at radius 1 is 1.37 bits per heavy atom. The number of carbonyl (C=O) groups excluding carboxylic acids is 1. The van der Waals surface area contributed by atoms with Crippen LogP contribution in [-0.4, -0.2) is 26.8 Å². The molecule has 1 aromatic heterocycles. The lowest BCUT2D eigenvalue weighted by atomic mass is 10.3. The zero-order chi connectivity index (χ0) is 14.0. The summed E-state index contributed by atoms with van der Waals surface area (Å²) in [5.41, 5.74) is -0.155. The number of para-hydroxylation sites is 1.